The third-order valence-electron chi connectivity index (χ3n) is 2.92. The summed E-state index contributed by atoms with van der Waals surface area (Å²) in [6.07, 6.45) is 0. The molecule has 0 aromatic heterocycles. The maximum absolute atomic E-state index is 11.1. The van der Waals surface area contributed by atoms with Crippen molar-refractivity contribution in [1.29, 1.82) is 0 Å². The van der Waals surface area contributed by atoms with Gasteiger partial charge in [-0.25, -0.2) is 4.79 Å². The van der Waals surface area contributed by atoms with Gasteiger partial charge in [-0.15, -0.1) is 0 Å². The first-order valence-electron chi connectivity index (χ1n) is 5.81. The normalized spacial score (nSPS) is 12.4. The second-order valence-electron chi connectivity index (χ2n) is 5.67. The van der Waals surface area contributed by atoms with E-state index in [9.17, 15) is 4.79 Å². The monoisotopic (exact) mass is 243 g/mol. The first-order chi connectivity index (χ1) is 7.58. The number of hydroxylamine groups is 1. The van der Waals surface area contributed by atoms with Crippen LogP contribution in [0.3, 0.4) is 0 Å². The minimum absolute atomic E-state index is 0.0222. The number of carbonyl (C=O) groups excluding carboxylic acids is 1. The molecule has 0 aliphatic heterocycles. The number of carbonyl (C=O) groups is 1. The van der Waals surface area contributed by atoms with Crippen molar-refractivity contribution in [1.82, 2.24) is 5.48 Å². The summed E-state index contributed by atoms with van der Waals surface area (Å²) in [5, 5.41) is 0. The highest BCUT2D eigenvalue weighted by Gasteiger charge is 2.34. The van der Waals surface area contributed by atoms with E-state index in [2.05, 4.69) is 32.8 Å². The number of esters is 1. The molecule has 0 saturated heterocycles. The minimum Gasteiger partial charge on any atom is -0.461 e. The maximum Gasteiger partial charge on any atom is 0.333 e. The number of ether oxygens (including phenoxy) is 1. The third kappa shape index (κ3) is 5.84. The van der Waals surface area contributed by atoms with E-state index in [1.54, 1.807) is 6.92 Å². The minimum atomic E-state index is -0.373. The highest BCUT2D eigenvalue weighted by atomic mass is 16.7. The van der Waals surface area contributed by atoms with Crippen LogP contribution in [0.15, 0.2) is 12.2 Å². The molecule has 4 heteroatoms. The van der Waals surface area contributed by atoms with Crippen LogP contribution >= 0.6 is 0 Å². The van der Waals surface area contributed by atoms with Crippen LogP contribution in [0, 0.1) is 5.41 Å². The van der Waals surface area contributed by atoms with Crippen molar-refractivity contribution in [2.24, 2.45) is 5.41 Å². The van der Waals surface area contributed by atoms with Gasteiger partial charge in [0.1, 0.15) is 6.61 Å². The van der Waals surface area contributed by atoms with Gasteiger partial charge in [0, 0.05) is 5.57 Å². The predicted molar refractivity (Wildman–Crippen MR) is 68.4 cm³/mol. The Bertz CT molecular complexity index is 277. The molecule has 0 unspecified atom stereocenters. The van der Waals surface area contributed by atoms with E-state index in [-0.39, 0.29) is 23.6 Å². The molecule has 0 radical (unpaired) electrons. The largest absolute Gasteiger partial charge is 0.461 e. The molecule has 0 spiro atoms. The Hall–Kier alpha value is -0.870. The second kappa shape index (κ2) is 6.17. The van der Waals surface area contributed by atoms with E-state index in [1.165, 1.54) is 0 Å². The fourth-order valence-corrected chi connectivity index (χ4v) is 0.693. The summed E-state index contributed by atoms with van der Waals surface area (Å²) >= 11 is 0. The summed E-state index contributed by atoms with van der Waals surface area (Å²) in [5.41, 5.74) is 2.95. The number of hydrogen-bond acceptors (Lipinski definition) is 4. The van der Waals surface area contributed by atoms with Crippen LogP contribution in [0.5, 0.6) is 0 Å². The topological polar surface area (TPSA) is 47.6 Å². The highest BCUT2D eigenvalue weighted by molar-refractivity contribution is 5.86. The molecule has 0 heterocycles. The lowest BCUT2D eigenvalue weighted by atomic mass is 9.79. The lowest BCUT2D eigenvalue weighted by Crippen LogP contribution is -2.44. The summed E-state index contributed by atoms with van der Waals surface area (Å²) < 4.78 is 4.92. The van der Waals surface area contributed by atoms with Crippen LogP contribution in [-0.4, -0.2) is 24.7 Å². The van der Waals surface area contributed by atoms with Gasteiger partial charge >= 0.3 is 5.97 Å². The van der Waals surface area contributed by atoms with Gasteiger partial charge in [-0.05, 0) is 26.2 Å². The summed E-state index contributed by atoms with van der Waals surface area (Å²) in [4.78, 5) is 16.6. The summed E-state index contributed by atoms with van der Waals surface area (Å²) in [6, 6.07) is 0. The summed E-state index contributed by atoms with van der Waals surface area (Å²) in [6.45, 7) is 16.2. The Kier molecular flexibility index (Phi) is 5.85. The van der Waals surface area contributed by atoms with Crippen molar-refractivity contribution in [2.45, 2.75) is 47.1 Å². The number of hydrogen-bond donors (Lipinski definition) is 1. The van der Waals surface area contributed by atoms with Crippen LogP contribution in [0.1, 0.15) is 41.5 Å². The molecule has 0 aromatic rings. The molecule has 0 amide bonds. The van der Waals surface area contributed by atoms with Crippen molar-refractivity contribution in [3.05, 3.63) is 12.2 Å². The van der Waals surface area contributed by atoms with Gasteiger partial charge in [0.15, 0.2) is 0 Å². The maximum atomic E-state index is 11.1. The molecule has 0 atom stereocenters. The van der Waals surface area contributed by atoms with Gasteiger partial charge in [0.05, 0.1) is 12.1 Å². The Balaban J connectivity index is 3.80. The molecule has 0 fully saturated rings. The molecular weight excluding hydrogens is 218 g/mol. The van der Waals surface area contributed by atoms with E-state index in [0.717, 1.165) is 0 Å². The van der Waals surface area contributed by atoms with Crippen molar-refractivity contribution in [2.75, 3.05) is 13.2 Å². The van der Waals surface area contributed by atoms with E-state index in [4.69, 9.17) is 9.57 Å². The molecule has 4 nitrogen and oxygen atoms in total. The van der Waals surface area contributed by atoms with E-state index in [1.807, 2.05) is 13.8 Å². The number of rotatable bonds is 6. The number of nitrogens with one attached hydrogen (secondary N) is 1. The van der Waals surface area contributed by atoms with Crippen LogP contribution in [0.25, 0.3) is 0 Å². The van der Waals surface area contributed by atoms with Crippen LogP contribution < -0.4 is 5.48 Å². The van der Waals surface area contributed by atoms with Crippen LogP contribution in [-0.2, 0) is 14.4 Å². The second-order valence-corrected chi connectivity index (χ2v) is 5.67. The summed E-state index contributed by atoms with van der Waals surface area (Å²) in [7, 11) is 0. The summed E-state index contributed by atoms with van der Waals surface area (Å²) in [5.74, 6) is -0.373. The smallest absolute Gasteiger partial charge is 0.333 e. The molecular formula is C13H25NO3. The SMILES string of the molecule is C=C(C)C(=O)OCCNOC(C)(C)C(C)(C)C. The first kappa shape index (κ1) is 16.1. The molecule has 0 bridgehead atoms. The third-order valence-corrected chi connectivity index (χ3v) is 2.92. The molecule has 0 aliphatic rings. The Morgan fingerprint density at radius 1 is 1.24 bits per heavy atom. The van der Waals surface area contributed by atoms with E-state index >= 15 is 0 Å². The lowest BCUT2D eigenvalue weighted by Gasteiger charge is -2.37. The first-order valence-corrected chi connectivity index (χ1v) is 5.81. The van der Waals surface area contributed by atoms with Crippen molar-refractivity contribution in [3.8, 4) is 0 Å². The molecule has 0 aliphatic carbocycles. The van der Waals surface area contributed by atoms with Crippen molar-refractivity contribution >= 4 is 5.97 Å². The van der Waals surface area contributed by atoms with Gasteiger partial charge in [-0.1, -0.05) is 27.4 Å². The van der Waals surface area contributed by atoms with E-state index in [0.29, 0.717) is 12.1 Å². The molecule has 0 saturated carbocycles. The van der Waals surface area contributed by atoms with Gasteiger partial charge in [0.25, 0.3) is 0 Å². The standard InChI is InChI=1S/C13H25NO3/c1-10(2)11(15)16-9-8-14-17-13(6,7)12(3,4)5/h14H,1,8-9H2,2-7H3. The predicted octanol–water partition coefficient (Wildman–Crippen LogP) is 2.45. The molecule has 0 rings (SSSR count). The average Bonchev–Trinajstić information content (AvgIpc) is 2.14. The molecule has 100 valence electrons. The molecule has 17 heavy (non-hydrogen) atoms. The zero-order valence-corrected chi connectivity index (χ0v) is 11.8. The fraction of sp³-hybridized carbons (Fsp3) is 0.769. The van der Waals surface area contributed by atoms with Gasteiger partial charge in [-0.2, -0.15) is 5.48 Å². The zero-order chi connectivity index (χ0) is 13.7. The average molecular weight is 243 g/mol. The molecule has 1 N–H and O–H groups in total. The Morgan fingerprint density at radius 2 is 1.76 bits per heavy atom. The Morgan fingerprint density at radius 3 is 2.18 bits per heavy atom. The van der Waals surface area contributed by atoms with Gasteiger partial charge in [0.2, 0.25) is 0 Å². The van der Waals surface area contributed by atoms with Crippen LogP contribution in [0.2, 0.25) is 0 Å². The van der Waals surface area contributed by atoms with E-state index < -0.39 is 0 Å². The fourth-order valence-electron chi connectivity index (χ4n) is 0.693. The van der Waals surface area contributed by atoms with Crippen molar-refractivity contribution < 1.29 is 14.4 Å². The Labute approximate surface area is 104 Å². The quantitative estimate of drug-likeness (QED) is 0.337. The lowest BCUT2D eigenvalue weighted by molar-refractivity contribution is -0.150. The van der Waals surface area contributed by atoms with Gasteiger partial charge < -0.3 is 4.74 Å². The van der Waals surface area contributed by atoms with Crippen molar-refractivity contribution in [3.63, 3.8) is 0 Å². The highest BCUT2D eigenvalue weighted by Crippen LogP contribution is 2.31. The zero-order valence-electron chi connectivity index (χ0n) is 11.8. The van der Waals surface area contributed by atoms with Gasteiger partial charge in [-0.3, -0.25) is 4.84 Å². The molecule has 0 aromatic carbocycles. The van der Waals surface area contributed by atoms with Crippen LogP contribution in [0.4, 0.5) is 0 Å².